The number of rotatable bonds is 39. The number of phosphoric ester groups is 3. The molecule has 3 heterocycles. The number of phosphoric acid groups is 3. The third-order valence-corrected chi connectivity index (χ3v) is 16.2. The van der Waals surface area contributed by atoms with Crippen LogP contribution in [-0.4, -0.2) is 123 Å². The lowest BCUT2D eigenvalue weighted by atomic mass is 9.87. The van der Waals surface area contributed by atoms with Crippen molar-refractivity contribution in [2.75, 3.05) is 37.8 Å². The van der Waals surface area contributed by atoms with Crippen molar-refractivity contribution in [1.82, 2.24) is 30.2 Å². The average Bonchev–Trinajstić information content (AvgIpc) is 3.87. The van der Waals surface area contributed by atoms with Crippen molar-refractivity contribution in [2.45, 2.75) is 187 Å². The predicted molar refractivity (Wildman–Crippen MR) is 270 cm³/mol. The van der Waals surface area contributed by atoms with Crippen LogP contribution in [0.25, 0.3) is 11.2 Å². The van der Waals surface area contributed by atoms with Crippen LogP contribution in [0.4, 0.5) is 5.82 Å². The number of aromatic nitrogens is 4. The highest BCUT2D eigenvalue weighted by atomic mass is 32.2. The predicted octanol–water partition coefficient (Wildman–Crippen LogP) is 6.73. The maximum absolute atomic E-state index is 12.8. The number of unbranched alkanes of at least 4 members (excludes halogenated alkanes) is 14. The molecule has 0 saturated carbocycles. The molecule has 10 N–H and O–H groups in total. The summed E-state index contributed by atoms with van der Waals surface area (Å²) in [5.74, 6) is -0.281. The number of aliphatic hydroxyl groups is 2. The highest BCUT2D eigenvalue weighted by Crippen LogP contribution is 2.61. The Kier molecular flexibility index (Phi) is 28.6. The molecule has 0 aromatic carbocycles. The lowest BCUT2D eigenvalue weighted by Gasteiger charge is -2.30. The van der Waals surface area contributed by atoms with Crippen molar-refractivity contribution >= 4 is 69.1 Å². The normalized spacial score (nSPS) is 20.0. The second-order valence-electron chi connectivity index (χ2n) is 19.0. The van der Waals surface area contributed by atoms with Crippen LogP contribution < -0.4 is 16.4 Å². The molecule has 1 aliphatic heterocycles. The number of imidazole rings is 1. The van der Waals surface area contributed by atoms with Gasteiger partial charge in [0.1, 0.15) is 36.3 Å². The number of aliphatic hydroxyl groups excluding tert-OH is 2. The number of carbonyl (C=O) groups is 3. The number of nitrogen functional groups attached to an aromatic ring is 1. The molecule has 1 saturated heterocycles. The van der Waals surface area contributed by atoms with E-state index in [-0.39, 0.29) is 41.6 Å². The Labute approximate surface area is 426 Å². The van der Waals surface area contributed by atoms with Gasteiger partial charge < -0.3 is 50.9 Å². The standard InChI is InChI=1S/C44H80N7O17P3S/c1-5-6-7-8-9-10-11-12-13-14-15-18-21-32(2)22-19-16-17-20-23-35(53)72-27-26-46-34(52)24-25-47-42(56)39(55)44(3,4)29-65-71(62,63)68-70(60,61)64-28-33-38(67-69(57,58)59)37(54)43(66-33)51-31-50-36-40(45)48-30-49-41(36)51/h30-33,37-39,43,54-55H,5-29H2,1-4H3,(H,46,52)(H,47,56)(H,60,61)(H,62,63)(H2,45,48,49)(H2,57,58,59). The summed E-state index contributed by atoms with van der Waals surface area (Å²) < 4.78 is 62.5. The van der Waals surface area contributed by atoms with Gasteiger partial charge >= 0.3 is 23.5 Å². The zero-order valence-corrected chi connectivity index (χ0v) is 45.6. The van der Waals surface area contributed by atoms with Crippen LogP contribution in [0, 0.1) is 11.3 Å². The zero-order valence-electron chi connectivity index (χ0n) is 42.1. The molecule has 414 valence electrons. The summed E-state index contributed by atoms with van der Waals surface area (Å²) in [6.07, 6.45) is 16.6. The maximum atomic E-state index is 12.8. The molecule has 8 atom stereocenters. The first-order chi connectivity index (χ1) is 33.9. The van der Waals surface area contributed by atoms with E-state index in [9.17, 15) is 57.9 Å². The van der Waals surface area contributed by atoms with E-state index in [2.05, 4.69) is 48.3 Å². The number of fused-ring (bicyclic) bond motifs is 1. The van der Waals surface area contributed by atoms with Crippen LogP contribution in [0.3, 0.4) is 0 Å². The number of hydrogen-bond acceptors (Lipinski definition) is 18. The molecule has 0 radical (unpaired) electrons. The molecular weight excluding hydrogens is 1020 g/mol. The van der Waals surface area contributed by atoms with E-state index in [1.54, 1.807) is 0 Å². The van der Waals surface area contributed by atoms with Gasteiger partial charge in [0.05, 0.1) is 19.5 Å². The van der Waals surface area contributed by atoms with Crippen LogP contribution in [0.15, 0.2) is 12.7 Å². The Bertz CT molecular complexity index is 2100. The Morgan fingerprint density at radius 1 is 0.833 bits per heavy atom. The second kappa shape index (κ2) is 32.2. The summed E-state index contributed by atoms with van der Waals surface area (Å²) in [7, 11) is -16.4. The van der Waals surface area contributed by atoms with Gasteiger partial charge in [0.25, 0.3) is 0 Å². The van der Waals surface area contributed by atoms with Crippen molar-refractivity contribution in [3.63, 3.8) is 0 Å². The number of nitrogens with zero attached hydrogens (tertiary/aromatic N) is 4. The van der Waals surface area contributed by atoms with E-state index in [0.717, 1.165) is 54.2 Å². The molecule has 2 aromatic rings. The molecule has 28 heteroatoms. The summed E-state index contributed by atoms with van der Waals surface area (Å²) in [6.45, 7) is 5.19. The lowest BCUT2D eigenvalue weighted by Crippen LogP contribution is -2.46. The molecule has 0 spiro atoms. The molecule has 0 aliphatic carbocycles. The number of anilines is 1. The molecule has 2 aromatic heterocycles. The first-order valence-electron chi connectivity index (χ1n) is 25.0. The Morgan fingerprint density at radius 3 is 2.03 bits per heavy atom. The Morgan fingerprint density at radius 2 is 1.42 bits per heavy atom. The van der Waals surface area contributed by atoms with Gasteiger partial charge in [-0.3, -0.25) is 32.5 Å². The van der Waals surface area contributed by atoms with Gasteiger partial charge in [0, 0.05) is 37.1 Å². The number of carbonyl (C=O) groups excluding carboxylic acids is 3. The number of hydrogen-bond donors (Lipinski definition) is 9. The molecule has 24 nitrogen and oxygen atoms in total. The van der Waals surface area contributed by atoms with Gasteiger partial charge in [-0.2, -0.15) is 4.31 Å². The number of ether oxygens (including phenoxy) is 1. The van der Waals surface area contributed by atoms with Crippen LogP contribution >= 0.6 is 35.2 Å². The van der Waals surface area contributed by atoms with E-state index in [1.165, 1.54) is 110 Å². The maximum Gasteiger partial charge on any atom is 0.481 e. The zero-order chi connectivity index (χ0) is 53.4. The van der Waals surface area contributed by atoms with E-state index < -0.39 is 84.6 Å². The minimum atomic E-state index is -5.58. The van der Waals surface area contributed by atoms with Gasteiger partial charge in [-0.1, -0.05) is 149 Å². The fourth-order valence-corrected chi connectivity index (χ4v) is 11.5. The smallest absolute Gasteiger partial charge is 0.386 e. The number of amides is 2. The monoisotopic (exact) mass is 1100 g/mol. The lowest BCUT2D eigenvalue weighted by molar-refractivity contribution is -0.137. The van der Waals surface area contributed by atoms with Crippen molar-refractivity contribution < 1.29 is 80.5 Å². The number of nitrogens with one attached hydrogen (secondary N) is 2. The molecule has 3 rings (SSSR count). The van der Waals surface area contributed by atoms with E-state index in [4.69, 9.17) is 19.5 Å². The first-order valence-corrected chi connectivity index (χ1v) is 30.5. The third kappa shape index (κ3) is 24.5. The van der Waals surface area contributed by atoms with Crippen molar-refractivity contribution in [3.05, 3.63) is 12.7 Å². The molecule has 8 unspecified atom stereocenters. The molecule has 2 amide bonds. The van der Waals surface area contributed by atoms with Gasteiger partial charge in [-0.05, 0) is 12.3 Å². The van der Waals surface area contributed by atoms with Crippen LogP contribution in [0.1, 0.15) is 162 Å². The molecular formula is C44H80N7O17P3S. The van der Waals surface area contributed by atoms with Gasteiger partial charge in [0.15, 0.2) is 22.8 Å². The quantitative estimate of drug-likeness (QED) is 0.0247. The molecule has 1 fully saturated rings. The molecule has 72 heavy (non-hydrogen) atoms. The summed E-state index contributed by atoms with van der Waals surface area (Å²) >= 11 is 1.16. The van der Waals surface area contributed by atoms with Gasteiger partial charge in [-0.25, -0.2) is 28.6 Å². The average molecular weight is 1100 g/mol. The van der Waals surface area contributed by atoms with Gasteiger partial charge in [-0.15, -0.1) is 0 Å². The largest absolute Gasteiger partial charge is 0.481 e. The third-order valence-electron chi connectivity index (χ3n) is 12.1. The Hall–Kier alpha value is -2.44. The summed E-state index contributed by atoms with van der Waals surface area (Å²) in [4.78, 5) is 88.6. The van der Waals surface area contributed by atoms with Crippen LogP contribution in [-0.2, 0) is 50.7 Å². The van der Waals surface area contributed by atoms with Crippen molar-refractivity contribution in [3.8, 4) is 0 Å². The fraction of sp³-hybridized carbons (Fsp3) is 0.818. The van der Waals surface area contributed by atoms with E-state index in [1.807, 2.05) is 0 Å². The number of thioether (sulfide) groups is 1. The highest BCUT2D eigenvalue weighted by molar-refractivity contribution is 8.13. The first kappa shape index (κ1) is 63.8. The van der Waals surface area contributed by atoms with Crippen LogP contribution in [0.2, 0.25) is 0 Å². The highest BCUT2D eigenvalue weighted by Gasteiger charge is 2.50. The minimum Gasteiger partial charge on any atom is -0.386 e. The molecule has 1 aliphatic rings. The number of nitrogens with two attached hydrogens (primary N) is 1. The second-order valence-corrected chi connectivity index (χ2v) is 24.4. The minimum absolute atomic E-state index is 0.0343. The Balaban J connectivity index is 1.25. The molecule has 0 bridgehead atoms. The summed E-state index contributed by atoms with van der Waals surface area (Å²) in [5.41, 5.74) is 4.30. The summed E-state index contributed by atoms with van der Waals surface area (Å²) in [6, 6.07) is 0. The fourth-order valence-electron chi connectivity index (χ4n) is 7.96. The van der Waals surface area contributed by atoms with Crippen molar-refractivity contribution in [1.29, 1.82) is 0 Å². The topological polar surface area (TPSA) is 364 Å². The SMILES string of the molecule is CCCCCCCCCCCCCCC(C)CCCCCCC(=O)SCCNC(=O)CCNC(=O)C(O)C(C)(C)COP(=O)(O)OP(=O)(O)OCC1OC(n2cnc3c(N)ncnc32)C(O)C1OP(=O)(O)O. The van der Waals surface area contributed by atoms with Crippen molar-refractivity contribution in [2.24, 2.45) is 11.3 Å². The van der Waals surface area contributed by atoms with Crippen LogP contribution in [0.5, 0.6) is 0 Å². The van der Waals surface area contributed by atoms with Gasteiger partial charge in [0.2, 0.25) is 11.8 Å². The van der Waals surface area contributed by atoms with E-state index >= 15 is 0 Å². The summed E-state index contributed by atoms with van der Waals surface area (Å²) in [5, 5.41) is 26.7. The van der Waals surface area contributed by atoms with E-state index in [0.29, 0.717) is 12.2 Å².